The molecule has 4 heterocycles. The van der Waals surface area contributed by atoms with Crippen LogP contribution in [0, 0.1) is 5.82 Å². The third kappa shape index (κ3) is 4.13. The number of halogens is 1. The fraction of sp³-hybridized carbons (Fsp3) is 0.370. The van der Waals surface area contributed by atoms with Crippen molar-refractivity contribution < 1.29 is 13.9 Å². The molecular formula is C27H28FN3O2S. The molecular weight excluding hydrogens is 449 g/mol. The topological polar surface area (TPSA) is 39.3 Å². The Morgan fingerprint density at radius 2 is 1.74 bits per heavy atom. The molecule has 1 atom stereocenters. The quantitative estimate of drug-likeness (QED) is 0.487. The number of anilines is 1. The van der Waals surface area contributed by atoms with Crippen LogP contribution in [0.1, 0.15) is 17.7 Å². The van der Waals surface area contributed by atoms with E-state index in [1.54, 1.807) is 12.1 Å². The zero-order valence-corrected chi connectivity index (χ0v) is 19.8. The summed E-state index contributed by atoms with van der Waals surface area (Å²) in [5.41, 5.74) is 1.60. The van der Waals surface area contributed by atoms with Gasteiger partial charge in [-0.25, -0.2) is 4.39 Å². The molecule has 7 heteroatoms. The molecule has 2 aromatic carbocycles. The summed E-state index contributed by atoms with van der Waals surface area (Å²) < 4.78 is 19.0. The lowest BCUT2D eigenvalue weighted by Gasteiger charge is -2.43. The number of hydrogen-bond acceptors (Lipinski definition) is 5. The first-order valence-electron chi connectivity index (χ1n) is 11.9. The van der Waals surface area contributed by atoms with Gasteiger partial charge in [-0.1, -0.05) is 30.3 Å². The van der Waals surface area contributed by atoms with E-state index >= 15 is 0 Å². The smallest absolute Gasteiger partial charge is 0.250 e. The second-order valence-electron chi connectivity index (χ2n) is 9.47. The molecule has 3 aliphatic rings. The number of benzene rings is 2. The van der Waals surface area contributed by atoms with Crippen LogP contribution in [0.4, 0.5) is 10.1 Å². The standard InChI is InChI=1S/C27H28FN3O2S/c28-21-6-8-22(9-7-21)31-19-30(16-23-18-33-23)26(32)27(31)12-14-29(15-13-27)17-24-10-11-25(34-24)20-4-2-1-3-5-20/h1-11,23H,12-19H2. The minimum Gasteiger partial charge on any atom is -0.371 e. The molecule has 1 spiro atoms. The Hall–Kier alpha value is -2.74. The molecule has 0 bridgehead atoms. The normalized spacial score (nSPS) is 22.0. The van der Waals surface area contributed by atoms with Crippen molar-refractivity contribution in [3.63, 3.8) is 0 Å². The fourth-order valence-corrected chi connectivity index (χ4v) is 6.35. The van der Waals surface area contributed by atoms with E-state index in [4.69, 9.17) is 4.74 Å². The Balaban J connectivity index is 1.17. The van der Waals surface area contributed by atoms with Gasteiger partial charge in [0.15, 0.2) is 0 Å². The van der Waals surface area contributed by atoms with Crippen molar-refractivity contribution in [1.29, 1.82) is 0 Å². The molecule has 1 aromatic heterocycles. The number of ether oxygens (including phenoxy) is 1. The number of carbonyl (C=O) groups excluding carboxylic acids is 1. The van der Waals surface area contributed by atoms with Crippen molar-refractivity contribution in [3.05, 3.63) is 77.4 Å². The number of likely N-dealkylation sites (tertiary alicyclic amines) is 1. The molecule has 5 nitrogen and oxygen atoms in total. The van der Waals surface area contributed by atoms with Gasteiger partial charge in [-0.2, -0.15) is 0 Å². The maximum Gasteiger partial charge on any atom is 0.250 e. The van der Waals surface area contributed by atoms with Crippen LogP contribution in [0.3, 0.4) is 0 Å². The largest absolute Gasteiger partial charge is 0.371 e. The Bertz CT molecular complexity index is 1150. The monoisotopic (exact) mass is 477 g/mol. The highest BCUT2D eigenvalue weighted by Gasteiger charge is 2.54. The molecule has 0 N–H and O–H groups in total. The number of nitrogens with zero attached hydrogens (tertiary/aromatic N) is 3. The van der Waals surface area contributed by atoms with E-state index in [0.29, 0.717) is 13.2 Å². The molecule has 3 aliphatic heterocycles. The van der Waals surface area contributed by atoms with E-state index in [9.17, 15) is 9.18 Å². The third-order valence-corrected chi connectivity index (χ3v) is 8.38. The van der Waals surface area contributed by atoms with E-state index < -0.39 is 5.54 Å². The molecule has 0 saturated carbocycles. The fourth-order valence-electron chi connectivity index (χ4n) is 5.30. The maximum absolute atomic E-state index is 13.7. The van der Waals surface area contributed by atoms with Crippen molar-refractivity contribution in [2.24, 2.45) is 0 Å². The van der Waals surface area contributed by atoms with Crippen molar-refractivity contribution in [2.75, 3.05) is 37.8 Å². The predicted octanol–water partition coefficient (Wildman–Crippen LogP) is 4.59. The lowest BCUT2D eigenvalue weighted by atomic mass is 9.85. The first kappa shape index (κ1) is 21.8. The van der Waals surface area contributed by atoms with Crippen molar-refractivity contribution in [2.45, 2.75) is 31.0 Å². The van der Waals surface area contributed by atoms with E-state index in [-0.39, 0.29) is 17.8 Å². The number of piperidine rings is 1. The SMILES string of the molecule is O=C1N(CC2CO2)CN(c2ccc(F)cc2)C12CCN(Cc1ccc(-c3ccccc3)s1)CC2. The molecule has 34 heavy (non-hydrogen) atoms. The van der Waals surface area contributed by atoms with E-state index in [0.717, 1.165) is 44.8 Å². The van der Waals surface area contributed by atoms with Crippen LogP contribution in [0.15, 0.2) is 66.7 Å². The average molecular weight is 478 g/mol. The van der Waals surface area contributed by atoms with Gasteiger partial charge in [0.05, 0.1) is 25.9 Å². The number of amides is 1. The first-order valence-corrected chi connectivity index (χ1v) is 12.7. The Kier molecular flexibility index (Phi) is 5.63. The van der Waals surface area contributed by atoms with Gasteiger partial charge in [0, 0.05) is 35.1 Å². The second-order valence-corrected chi connectivity index (χ2v) is 10.6. The minimum atomic E-state index is -0.562. The van der Waals surface area contributed by atoms with Crippen LogP contribution in [0.2, 0.25) is 0 Å². The molecule has 176 valence electrons. The summed E-state index contributed by atoms with van der Waals surface area (Å²) in [6.45, 7) is 4.52. The van der Waals surface area contributed by atoms with Crippen LogP contribution in [0.25, 0.3) is 10.4 Å². The van der Waals surface area contributed by atoms with Gasteiger partial charge < -0.3 is 14.5 Å². The Labute approximate surface area is 203 Å². The van der Waals surface area contributed by atoms with E-state index in [2.05, 4.69) is 46.2 Å². The number of thiophene rings is 1. The third-order valence-electron chi connectivity index (χ3n) is 7.26. The zero-order chi connectivity index (χ0) is 23.1. The summed E-state index contributed by atoms with van der Waals surface area (Å²) in [4.78, 5) is 22.9. The summed E-state index contributed by atoms with van der Waals surface area (Å²) in [5, 5.41) is 0. The molecule has 6 rings (SSSR count). The first-order chi connectivity index (χ1) is 16.6. The Morgan fingerprint density at radius 3 is 2.44 bits per heavy atom. The van der Waals surface area contributed by atoms with Crippen LogP contribution in [0.5, 0.6) is 0 Å². The van der Waals surface area contributed by atoms with Gasteiger partial charge in [-0.15, -0.1) is 11.3 Å². The van der Waals surface area contributed by atoms with Gasteiger partial charge in [0.2, 0.25) is 5.91 Å². The molecule has 1 unspecified atom stereocenters. The van der Waals surface area contributed by atoms with Gasteiger partial charge in [-0.3, -0.25) is 9.69 Å². The lowest BCUT2D eigenvalue weighted by Crippen LogP contribution is -2.56. The van der Waals surface area contributed by atoms with Crippen molar-refractivity contribution in [1.82, 2.24) is 9.80 Å². The zero-order valence-electron chi connectivity index (χ0n) is 19.0. The maximum atomic E-state index is 13.7. The van der Waals surface area contributed by atoms with Gasteiger partial charge in [-0.05, 0) is 54.8 Å². The van der Waals surface area contributed by atoms with Crippen molar-refractivity contribution in [3.8, 4) is 10.4 Å². The van der Waals surface area contributed by atoms with Gasteiger partial charge in [0.25, 0.3) is 0 Å². The summed E-state index contributed by atoms with van der Waals surface area (Å²) in [7, 11) is 0. The lowest BCUT2D eigenvalue weighted by molar-refractivity contribution is -0.133. The highest BCUT2D eigenvalue weighted by molar-refractivity contribution is 7.15. The molecule has 3 aromatic rings. The van der Waals surface area contributed by atoms with Crippen LogP contribution in [-0.2, 0) is 16.1 Å². The van der Waals surface area contributed by atoms with Gasteiger partial charge >= 0.3 is 0 Å². The second kappa shape index (κ2) is 8.80. The van der Waals surface area contributed by atoms with E-state index in [1.807, 2.05) is 22.3 Å². The highest BCUT2D eigenvalue weighted by atomic mass is 32.1. The van der Waals surface area contributed by atoms with Crippen LogP contribution >= 0.6 is 11.3 Å². The Morgan fingerprint density at radius 1 is 1.00 bits per heavy atom. The summed E-state index contributed by atoms with van der Waals surface area (Å²) in [6, 6.07) is 21.5. The average Bonchev–Trinajstić information content (AvgIpc) is 3.51. The number of carbonyl (C=O) groups is 1. The number of rotatable bonds is 6. The molecule has 0 aliphatic carbocycles. The predicted molar refractivity (Wildman–Crippen MR) is 132 cm³/mol. The van der Waals surface area contributed by atoms with Crippen molar-refractivity contribution >= 4 is 22.9 Å². The highest BCUT2D eigenvalue weighted by Crippen LogP contribution is 2.40. The minimum absolute atomic E-state index is 0.159. The van der Waals surface area contributed by atoms with Crippen LogP contribution < -0.4 is 4.90 Å². The summed E-state index contributed by atoms with van der Waals surface area (Å²) >= 11 is 1.84. The molecule has 3 fully saturated rings. The van der Waals surface area contributed by atoms with Crippen LogP contribution in [-0.4, -0.2) is 60.3 Å². The number of epoxide rings is 1. The van der Waals surface area contributed by atoms with E-state index in [1.165, 1.54) is 27.5 Å². The molecule has 3 saturated heterocycles. The summed E-state index contributed by atoms with van der Waals surface area (Å²) in [5.74, 6) is -0.0679. The number of hydrogen-bond donors (Lipinski definition) is 0. The summed E-state index contributed by atoms with van der Waals surface area (Å²) in [6.07, 6.45) is 1.69. The molecule has 0 radical (unpaired) electrons. The van der Waals surface area contributed by atoms with Gasteiger partial charge in [0.1, 0.15) is 11.4 Å². The molecule has 1 amide bonds.